The van der Waals surface area contributed by atoms with Gasteiger partial charge in [-0.1, -0.05) is 23.7 Å². The van der Waals surface area contributed by atoms with Crippen LogP contribution >= 0.6 is 11.6 Å². The Morgan fingerprint density at radius 3 is 2.64 bits per heavy atom. The quantitative estimate of drug-likeness (QED) is 0.657. The van der Waals surface area contributed by atoms with Crippen molar-refractivity contribution in [3.05, 3.63) is 81.9 Å². The van der Waals surface area contributed by atoms with E-state index < -0.39 is 0 Å². The van der Waals surface area contributed by atoms with Crippen LogP contribution in [0.5, 0.6) is 0 Å². The van der Waals surface area contributed by atoms with Crippen LogP contribution in [0.4, 0.5) is 4.39 Å². The Bertz CT molecular complexity index is 962. The van der Waals surface area contributed by atoms with E-state index in [9.17, 15) is 9.18 Å². The molecular formula is C20H16ClFN2O. The van der Waals surface area contributed by atoms with Crippen LogP contribution in [0.1, 0.15) is 39.6 Å². The molecule has 0 aliphatic heterocycles. The summed E-state index contributed by atoms with van der Waals surface area (Å²) in [6, 6.07) is 13.8. The minimum atomic E-state index is -0.297. The molecule has 4 rings (SSSR count). The zero-order chi connectivity index (χ0) is 17.6. The van der Waals surface area contributed by atoms with Crippen molar-refractivity contribution in [2.75, 3.05) is 0 Å². The highest BCUT2D eigenvalue weighted by Gasteiger charge is 2.32. The molecule has 0 saturated heterocycles. The maximum Gasteiger partial charge on any atom is 0.167 e. The van der Waals surface area contributed by atoms with Gasteiger partial charge < -0.3 is 0 Å². The van der Waals surface area contributed by atoms with Crippen LogP contribution in [-0.4, -0.2) is 15.6 Å². The number of Topliss-reactive ketones (excluding diaryl/α,β-unsaturated/α-hetero) is 1. The van der Waals surface area contributed by atoms with Gasteiger partial charge in [0.25, 0.3) is 0 Å². The summed E-state index contributed by atoms with van der Waals surface area (Å²) in [6.45, 7) is 1.84. The first-order chi connectivity index (χ1) is 12.0. The molecule has 25 heavy (non-hydrogen) atoms. The van der Waals surface area contributed by atoms with Crippen LogP contribution < -0.4 is 0 Å². The molecule has 0 saturated carbocycles. The maximum atomic E-state index is 13.2. The highest BCUT2D eigenvalue weighted by atomic mass is 35.5. The van der Waals surface area contributed by atoms with Crippen LogP contribution in [-0.2, 0) is 6.42 Å². The van der Waals surface area contributed by atoms with E-state index in [2.05, 4.69) is 5.10 Å². The number of carbonyl (C=O) groups is 1. The Kier molecular flexibility index (Phi) is 3.92. The molecule has 0 amide bonds. The van der Waals surface area contributed by atoms with Gasteiger partial charge in [0.1, 0.15) is 5.82 Å². The van der Waals surface area contributed by atoms with Crippen LogP contribution in [0.2, 0.25) is 5.02 Å². The number of aryl methyl sites for hydroxylation is 1. The topological polar surface area (TPSA) is 34.9 Å². The van der Waals surface area contributed by atoms with Crippen molar-refractivity contribution in [3.8, 4) is 5.69 Å². The molecule has 1 aliphatic rings. The second kappa shape index (κ2) is 6.12. The van der Waals surface area contributed by atoms with Crippen molar-refractivity contribution in [2.45, 2.75) is 25.7 Å². The molecule has 0 bridgehead atoms. The summed E-state index contributed by atoms with van der Waals surface area (Å²) in [5.41, 5.74) is 4.10. The van der Waals surface area contributed by atoms with E-state index in [4.69, 9.17) is 11.6 Å². The Hall–Kier alpha value is -2.46. The minimum absolute atomic E-state index is 0.0639. The fraction of sp³-hybridized carbons (Fsp3) is 0.200. The first kappa shape index (κ1) is 16.0. The summed E-state index contributed by atoms with van der Waals surface area (Å²) in [7, 11) is 0. The molecule has 1 heterocycles. The van der Waals surface area contributed by atoms with Crippen LogP contribution in [0, 0.1) is 12.7 Å². The average molecular weight is 355 g/mol. The number of fused-ring (bicyclic) bond motifs is 1. The number of ketones is 1. The van der Waals surface area contributed by atoms with Crippen molar-refractivity contribution in [2.24, 2.45) is 0 Å². The Morgan fingerprint density at radius 1 is 1.16 bits per heavy atom. The summed E-state index contributed by atoms with van der Waals surface area (Å²) in [5.74, 6) is -0.138. The molecule has 0 radical (unpaired) electrons. The van der Waals surface area contributed by atoms with Gasteiger partial charge in [-0.05, 0) is 61.2 Å². The third-order valence-electron chi connectivity index (χ3n) is 4.70. The molecule has 1 atom stereocenters. The van der Waals surface area contributed by atoms with Crippen LogP contribution in [0.15, 0.2) is 48.5 Å². The smallest absolute Gasteiger partial charge is 0.167 e. The average Bonchev–Trinajstić information content (AvgIpc) is 2.93. The number of aromatic nitrogens is 2. The second-order valence-corrected chi connectivity index (χ2v) is 6.82. The highest BCUT2D eigenvalue weighted by Crippen LogP contribution is 2.35. The van der Waals surface area contributed by atoms with Gasteiger partial charge in [-0.2, -0.15) is 5.10 Å². The van der Waals surface area contributed by atoms with E-state index in [0.29, 0.717) is 29.1 Å². The molecule has 0 unspecified atom stereocenters. The fourth-order valence-corrected chi connectivity index (χ4v) is 3.75. The standard InChI is InChI=1S/C20H16ClFN2O/c1-12-20-18(24(23-12)17-7-5-16(22)6-8-17)10-14(11-19(20)25)13-3-2-4-15(21)9-13/h2-9,14H,10-11H2,1H3/t14-/m1/s1. The van der Waals surface area contributed by atoms with Gasteiger partial charge in [-0.3, -0.25) is 4.79 Å². The molecule has 126 valence electrons. The summed E-state index contributed by atoms with van der Waals surface area (Å²) in [6.07, 6.45) is 1.14. The van der Waals surface area contributed by atoms with Gasteiger partial charge in [-0.25, -0.2) is 9.07 Å². The molecule has 2 aromatic carbocycles. The lowest BCUT2D eigenvalue weighted by molar-refractivity contribution is 0.0963. The Labute approximate surface area is 150 Å². The lowest BCUT2D eigenvalue weighted by Gasteiger charge is -2.23. The zero-order valence-electron chi connectivity index (χ0n) is 13.7. The highest BCUT2D eigenvalue weighted by molar-refractivity contribution is 6.30. The van der Waals surface area contributed by atoms with Crippen LogP contribution in [0.25, 0.3) is 5.69 Å². The van der Waals surface area contributed by atoms with Crippen molar-refractivity contribution < 1.29 is 9.18 Å². The third kappa shape index (κ3) is 2.87. The number of benzene rings is 2. The normalized spacial score (nSPS) is 16.8. The number of hydrogen-bond donors (Lipinski definition) is 0. The number of hydrogen-bond acceptors (Lipinski definition) is 2. The fourth-order valence-electron chi connectivity index (χ4n) is 3.55. The lowest BCUT2D eigenvalue weighted by atomic mass is 9.81. The largest absolute Gasteiger partial charge is 0.294 e. The molecule has 1 aliphatic carbocycles. The minimum Gasteiger partial charge on any atom is -0.294 e. The SMILES string of the molecule is Cc1nn(-c2ccc(F)cc2)c2c1C(=O)C[C@H](c1cccc(Cl)c1)C2. The van der Waals surface area contributed by atoms with Gasteiger partial charge in [0.05, 0.1) is 22.6 Å². The van der Waals surface area contributed by atoms with Gasteiger partial charge >= 0.3 is 0 Å². The summed E-state index contributed by atoms with van der Waals surface area (Å²) < 4.78 is 15.0. The maximum absolute atomic E-state index is 13.2. The molecule has 0 fully saturated rings. The predicted molar refractivity (Wildman–Crippen MR) is 95.1 cm³/mol. The van der Waals surface area contributed by atoms with E-state index in [1.165, 1.54) is 12.1 Å². The van der Waals surface area contributed by atoms with Gasteiger partial charge in [0.2, 0.25) is 0 Å². The molecular weight excluding hydrogens is 339 g/mol. The molecule has 1 aromatic heterocycles. The van der Waals surface area contributed by atoms with Crippen molar-refractivity contribution in [3.63, 3.8) is 0 Å². The van der Waals surface area contributed by atoms with Crippen molar-refractivity contribution >= 4 is 17.4 Å². The number of nitrogens with zero attached hydrogens (tertiary/aromatic N) is 2. The van der Waals surface area contributed by atoms with E-state index in [0.717, 1.165) is 16.9 Å². The van der Waals surface area contributed by atoms with Crippen molar-refractivity contribution in [1.82, 2.24) is 9.78 Å². The van der Waals surface area contributed by atoms with E-state index in [1.54, 1.807) is 16.8 Å². The van der Waals surface area contributed by atoms with Gasteiger partial charge in [0, 0.05) is 11.4 Å². The lowest BCUT2D eigenvalue weighted by Crippen LogP contribution is -2.20. The molecule has 5 heteroatoms. The molecule has 0 spiro atoms. The Balaban J connectivity index is 1.79. The Morgan fingerprint density at radius 2 is 1.92 bits per heavy atom. The first-order valence-electron chi connectivity index (χ1n) is 8.16. The summed E-state index contributed by atoms with van der Waals surface area (Å²) in [5, 5.41) is 5.20. The second-order valence-electron chi connectivity index (χ2n) is 6.38. The zero-order valence-corrected chi connectivity index (χ0v) is 14.4. The monoisotopic (exact) mass is 354 g/mol. The molecule has 0 N–H and O–H groups in total. The van der Waals surface area contributed by atoms with E-state index in [1.807, 2.05) is 31.2 Å². The first-order valence-corrected chi connectivity index (χ1v) is 8.54. The van der Waals surface area contributed by atoms with Gasteiger partial charge in [0.15, 0.2) is 5.78 Å². The summed E-state index contributed by atoms with van der Waals surface area (Å²) >= 11 is 6.11. The summed E-state index contributed by atoms with van der Waals surface area (Å²) in [4.78, 5) is 12.7. The number of rotatable bonds is 2. The van der Waals surface area contributed by atoms with E-state index in [-0.39, 0.29) is 17.5 Å². The predicted octanol–water partition coefficient (Wildman–Crippen LogP) is 4.89. The van der Waals surface area contributed by atoms with Crippen molar-refractivity contribution in [1.29, 1.82) is 0 Å². The molecule has 3 nitrogen and oxygen atoms in total. The van der Waals surface area contributed by atoms with Gasteiger partial charge in [-0.15, -0.1) is 0 Å². The number of carbonyl (C=O) groups excluding carboxylic acids is 1. The molecule has 3 aromatic rings. The van der Waals surface area contributed by atoms with E-state index >= 15 is 0 Å². The third-order valence-corrected chi connectivity index (χ3v) is 4.93. The van der Waals surface area contributed by atoms with Crippen LogP contribution in [0.3, 0.4) is 0 Å². The number of halogens is 2.